The van der Waals surface area contributed by atoms with Gasteiger partial charge in [-0.1, -0.05) is 29.8 Å². The highest BCUT2D eigenvalue weighted by atomic mass is 35.5. The van der Waals surface area contributed by atoms with Crippen LogP contribution in [0.2, 0.25) is 5.02 Å². The molecule has 0 amide bonds. The molecular formula is C18H15ClN4. The summed E-state index contributed by atoms with van der Waals surface area (Å²) in [6, 6.07) is 14.0. The summed E-state index contributed by atoms with van der Waals surface area (Å²) in [5, 5.41) is 6.34. The number of halogens is 1. The van der Waals surface area contributed by atoms with Crippen LogP contribution in [0.4, 0.5) is 5.82 Å². The van der Waals surface area contributed by atoms with Crippen LogP contribution in [-0.2, 0) is 6.42 Å². The van der Waals surface area contributed by atoms with E-state index < -0.39 is 0 Å². The average Bonchev–Trinajstić information content (AvgIpc) is 2.98. The minimum absolute atomic E-state index is 0.681. The first-order valence-electron chi connectivity index (χ1n) is 7.50. The molecule has 4 rings (SSSR count). The predicted octanol–water partition coefficient (Wildman–Crippen LogP) is 4.42. The standard InChI is InChI=1S/C18H15ClN4/c19-13-5-6-15-17(9-13)22-11-23-18(15)20-8-7-12-10-21-16-4-2-1-3-14(12)16/h1-6,9-11,21H,7-8H2,(H,20,22,23). The van der Waals surface area contributed by atoms with Gasteiger partial charge in [-0.15, -0.1) is 0 Å². The fraction of sp³-hybridized carbons (Fsp3) is 0.111. The van der Waals surface area contributed by atoms with Crippen LogP contribution in [0.5, 0.6) is 0 Å². The third-order valence-electron chi connectivity index (χ3n) is 3.96. The average molecular weight is 323 g/mol. The largest absolute Gasteiger partial charge is 0.369 e. The maximum atomic E-state index is 6.01. The first kappa shape index (κ1) is 14.0. The number of aromatic nitrogens is 3. The molecule has 2 N–H and O–H groups in total. The van der Waals surface area contributed by atoms with Crippen molar-refractivity contribution < 1.29 is 0 Å². The molecule has 114 valence electrons. The third kappa shape index (κ3) is 2.73. The van der Waals surface area contributed by atoms with Gasteiger partial charge < -0.3 is 10.3 Å². The van der Waals surface area contributed by atoms with Gasteiger partial charge in [-0.3, -0.25) is 0 Å². The van der Waals surface area contributed by atoms with Crippen molar-refractivity contribution in [1.82, 2.24) is 15.0 Å². The van der Waals surface area contributed by atoms with E-state index in [4.69, 9.17) is 11.6 Å². The van der Waals surface area contributed by atoms with Crippen LogP contribution >= 0.6 is 11.6 Å². The molecule has 5 heteroatoms. The Balaban J connectivity index is 1.53. The lowest BCUT2D eigenvalue weighted by molar-refractivity contribution is 1.01. The van der Waals surface area contributed by atoms with Crippen molar-refractivity contribution in [3.63, 3.8) is 0 Å². The van der Waals surface area contributed by atoms with E-state index in [1.165, 1.54) is 16.5 Å². The van der Waals surface area contributed by atoms with Gasteiger partial charge >= 0.3 is 0 Å². The SMILES string of the molecule is Clc1ccc2c(NCCc3c[nH]c4ccccc34)ncnc2c1. The second-order valence-electron chi connectivity index (χ2n) is 5.42. The maximum absolute atomic E-state index is 6.01. The number of hydrogen-bond acceptors (Lipinski definition) is 3. The fourth-order valence-electron chi connectivity index (χ4n) is 2.83. The van der Waals surface area contributed by atoms with E-state index in [0.717, 1.165) is 29.7 Å². The molecule has 0 atom stereocenters. The Kier molecular flexibility index (Phi) is 3.60. The molecule has 0 aliphatic rings. The molecule has 0 saturated carbocycles. The van der Waals surface area contributed by atoms with Crippen molar-refractivity contribution in [3.8, 4) is 0 Å². The summed E-state index contributed by atoms with van der Waals surface area (Å²) in [6.45, 7) is 0.802. The molecule has 0 spiro atoms. The predicted molar refractivity (Wildman–Crippen MR) is 95.0 cm³/mol. The van der Waals surface area contributed by atoms with E-state index in [-0.39, 0.29) is 0 Å². The van der Waals surface area contributed by atoms with Gasteiger partial charge in [0, 0.05) is 34.1 Å². The molecule has 2 aromatic carbocycles. The molecule has 4 nitrogen and oxygen atoms in total. The number of para-hydroxylation sites is 1. The van der Waals surface area contributed by atoms with E-state index in [2.05, 4.69) is 44.7 Å². The molecule has 0 saturated heterocycles. The maximum Gasteiger partial charge on any atom is 0.137 e. The molecule has 0 unspecified atom stereocenters. The number of rotatable bonds is 4. The molecule has 0 aliphatic heterocycles. The van der Waals surface area contributed by atoms with Crippen LogP contribution in [0, 0.1) is 0 Å². The van der Waals surface area contributed by atoms with Crippen LogP contribution in [-0.4, -0.2) is 21.5 Å². The Morgan fingerprint density at radius 1 is 1.04 bits per heavy atom. The molecular weight excluding hydrogens is 308 g/mol. The van der Waals surface area contributed by atoms with Crippen LogP contribution in [0.1, 0.15) is 5.56 Å². The lowest BCUT2D eigenvalue weighted by Gasteiger charge is -2.08. The summed E-state index contributed by atoms with van der Waals surface area (Å²) in [4.78, 5) is 11.9. The zero-order valence-corrected chi connectivity index (χ0v) is 13.1. The van der Waals surface area contributed by atoms with Gasteiger partial charge in [0.1, 0.15) is 12.1 Å². The van der Waals surface area contributed by atoms with Crippen LogP contribution in [0.3, 0.4) is 0 Å². The first-order chi connectivity index (χ1) is 11.3. The second kappa shape index (κ2) is 5.89. The molecule has 0 aliphatic carbocycles. The van der Waals surface area contributed by atoms with Crippen molar-refractivity contribution in [2.24, 2.45) is 0 Å². The summed E-state index contributed by atoms with van der Waals surface area (Å²) < 4.78 is 0. The van der Waals surface area contributed by atoms with Crippen molar-refractivity contribution in [2.45, 2.75) is 6.42 Å². The smallest absolute Gasteiger partial charge is 0.137 e. The van der Waals surface area contributed by atoms with Crippen LogP contribution in [0.25, 0.3) is 21.8 Å². The molecule has 0 radical (unpaired) electrons. The van der Waals surface area contributed by atoms with Gasteiger partial charge in [-0.25, -0.2) is 9.97 Å². The number of nitrogens with zero attached hydrogens (tertiary/aromatic N) is 2. The van der Waals surface area contributed by atoms with Gasteiger partial charge in [0.2, 0.25) is 0 Å². The van der Waals surface area contributed by atoms with Gasteiger partial charge in [-0.2, -0.15) is 0 Å². The lowest BCUT2D eigenvalue weighted by Crippen LogP contribution is -2.06. The fourth-order valence-corrected chi connectivity index (χ4v) is 2.99. The highest BCUT2D eigenvalue weighted by molar-refractivity contribution is 6.31. The minimum Gasteiger partial charge on any atom is -0.369 e. The number of anilines is 1. The molecule has 0 fully saturated rings. The van der Waals surface area contributed by atoms with E-state index in [0.29, 0.717) is 5.02 Å². The minimum atomic E-state index is 0.681. The Labute approximate surface area is 138 Å². The highest BCUT2D eigenvalue weighted by Crippen LogP contribution is 2.23. The Morgan fingerprint density at radius 2 is 1.96 bits per heavy atom. The van der Waals surface area contributed by atoms with Gasteiger partial charge in [-0.05, 0) is 36.2 Å². The Morgan fingerprint density at radius 3 is 2.91 bits per heavy atom. The number of H-pyrrole nitrogens is 1. The van der Waals surface area contributed by atoms with Gasteiger partial charge in [0.05, 0.1) is 5.52 Å². The van der Waals surface area contributed by atoms with Crippen molar-refractivity contribution in [2.75, 3.05) is 11.9 Å². The number of nitrogens with one attached hydrogen (secondary N) is 2. The van der Waals surface area contributed by atoms with E-state index in [1.807, 2.05) is 24.3 Å². The summed E-state index contributed by atoms with van der Waals surface area (Å²) in [5.41, 5.74) is 3.32. The van der Waals surface area contributed by atoms with Crippen LogP contribution < -0.4 is 5.32 Å². The summed E-state index contributed by atoms with van der Waals surface area (Å²) in [5.74, 6) is 0.839. The number of hydrogen-bond donors (Lipinski definition) is 2. The van der Waals surface area contributed by atoms with Crippen molar-refractivity contribution in [3.05, 3.63) is 65.6 Å². The first-order valence-corrected chi connectivity index (χ1v) is 7.88. The summed E-state index contributed by atoms with van der Waals surface area (Å²) in [7, 11) is 0. The topological polar surface area (TPSA) is 53.6 Å². The van der Waals surface area contributed by atoms with Crippen molar-refractivity contribution in [1.29, 1.82) is 0 Å². The number of fused-ring (bicyclic) bond motifs is 2. The quantitative estimate of drug-likeness (QED) is 0.585. The van der Waals surface area contributed by atoms with Crippen molar-refractivity contribution >= 4 is 39.2 Å². The number of benzene rings is 2. The summed E-state index contributed by atoms with van der Waals surface area (Å²) >= 11 is 6.01. The zero-order chi connectivity index (χ0) is 15.6. The van der Waals surface area contributed by atoms with E-state index in [9.17, 15) is 0 Å². The Hall–Kier alpha value is -2.59. The molecule has 2 aromatic heterocycles. The van der Waals surface area contributed by atoms with E-state index >= 15 is 0 Å². The summed E-state index contributed by atoms with van der Waals surface area (Å²) in [6.07, 6.45) is 4.56. The van der Waals surface area contributed by atoms with Crippen LogP contribution in [0.15, 0.2) is 55.0 Å². The number of aromatic amines is 1. The third-order valence-corrected chi connectivity index (χ3v) is 4.20. The molecule has 4 aromatic rings. The normalized spacial score (nSPS) is 11.2. The van der Waals surface area contributed by atoms with Gasteiger partial charge in [0.15, 0.2) is 0 Å². The van der Waals surface area contributed by atoms with E-state index in [1.54, 1.807) is 6.33 Å². The second-order valence-corrected chi connectivity index (χ2v) is 5.86. The molecule has 0 bridgehead atoms. The lowest BCUT2D eigenvalue weighted by atomic mass is 10.1. The van der Waals surface area contributed by atoms with Gasteiger partial charge in [0.25, 0.3) is 0 Å². The Bertz CT molecular complexity index is 977. The monoisotopic (exact) mass is 322 g/mol. The highest BCUT2D eigenvalue weighted by Gasteiger charge is 2.05. The molecule has 2 heterocycles. The molecule has 23 heavy (non-hydrogen) atoms. The zero-order valence-electron chi connectivity index (χ0n) is 12.4.